The Morgan fingerprint density at radius 2 is 1.56 bits per heavy atom. The lowest BCUT2D eigenvalue weighted by atomic mass is 9.97. The van der Waals surface area contributed by atoms with E-state index in [0.717, 1.165) is 27.8 Å². The van der Waals surface area contributed by atoms with Gasteiger partial charge in [-0.2, -0.15) is 15.2 Å². The second-order valence-electron chi connectivity index (χ2n) is 7.01. The summed E-state index contributed by atoms with van der Waals surface area (Å²) in [6, 6.07) is 25.6. The Hall–Kier alpha value is -3.95. The molecule has 4 rings (SSSR count). The molecule has 0 saturated carbocycles. The minimum absolute atomic E-state index is 0.0227. The molecule has 0 radical (unpaired) electrons. The molecule has 0 fully saturated rings. The lowest BCUT2D eigenvalue weighted by molar-refractivity contribution is 0.249. The topological polar surface area (TPSA) is 80.9 Å². The molecule has 0 N–H and O–H groups in total. The maximum Gasteiger partial charge on any atom is 0.324 e. The molecule has 0 aliphatic rings. The number of hydrogen-bond donors (Lipinski definition) is 0. The second-order valence-corrected chi connectivity index (χ2v) is 7.35. The normalized spacial score (nSPS) is 10.4. The predicted molar refractivity (Wildman–Crippen MR) is 121 cm³/mol. The third-order valence-electron chi connectivity index (χ3n) is 4.88. The highest BCUT2D eigenvalue weighted by atomic mass is 35.5. The van der Waals surface area contributed by atoms with Crippen LogP contribution in [0.4, 0.5) is 0 Å². The molecule has 6 nitrogen and oxygen atoms in total. The van der Waals surface area contributed by atoms with E-state index in [2.05, 4.69) is 46.1 Å². The molecule has 0 aliphatic carbocycles. The third-order valence-corrected chi connectivity index (χ3v) is 5.05. The van der Waals surface area contributed by atoms with Crippen LogP contribution < -0.4 is 9.47 Å². The Balaban J connectivity index is 1.46. The molecule has 158 valence electrons. The van der Waals surface area contributed by atoms with Gasteiger partial charge in [0.1, 0.15) is 13.2 Å². The van der Waals surface area contributed by atoms with Gasteiger partial charge in [-0.15, -0.1) is 4.98 Å². The van der Waals surface area contributed by atoms with E-state index < -0.39 is 0 Å². The smallest absolute Gasteiger partial charge is 0.324 e. The molecule has 0 saturated heterocycles. The predicted octanol–water partition coefficient (Wildman–Crippen LogP) is 5.53. The summed E-state index contributed by atoms with van der Waals surface area (Å²) in [5, 5.41) is 8.99. The molecule has 0 spiro atoms. The number of nitriles is 1. The SMILES string of the molecule is Cc1c(COc2nc(Cl)nc(OCc3cccc(C#N)c3)n2)cccc1-c1ccccc1. The first-order valence-corrected chi connectivity index (χ1v) is 10.3. The van der Waals surface area contributed by atoms with E-state index in [1.807, 2.05) is 36.4 Å². The van der Waals surface area contributed by atoms with Gasteiger partial charge >= 0.3 is 12.0 Å². The van der Waals surface area contributed by atoms with Gasteiger partial charge in [0.15, 0.2) is 0 Å². The third kappa shape index (κ3) is 5.20. The summed E-state index contributed by atoms with van der Waals surface area (Å²) in [6.07, 6.45) is 0. The highest BCUT2D eigenvalue weighted by molar-refractivity contribution is 6.28. The maximum absolute atomic E-state index is 9.02. The number of rotatable bonds is 7. The molecule has 0 aliphatic heterocycles. The second kappa shape index (κ2) is 9.90. The number of benzene rings is 3. The van der Waals surface area contributed by atoms with Crippen LogP contribution in [0.1, 0.15) is 22.3 Å². The standard InChI is InChI=1S/C25H19ClN4O2/c1-17-21(11-6-12-22(17)20-9-3-2-4-10-20)16-32-25-29-23(26)28-24(30-25)31-15-19-8-5-7-18(13-19)14-27/h2-13H,15-16H2,1H3. The van der Waals surface area contributed by atoms with Crippen molar-refractivity contribution in [1.82, 2.24) is 15.0 Å². The fourth-order valence-electron chi connectivity index (χ4n) is 3.23. The largest absolute Gasteiger partial charge is 0.458 e. The van der Waals surface area contributed by atoms with Crippen LogP contribution in [0.3, 0.4) is 0 Å². The van der Waals surface area contributed by atoms with Crippen molar-refractivity contribution in [2.24, 2.45) is 0 Å². The average Bonchev–Trinajstić information content (AvgIpc) is 2.82. The molecular weight excluding hydrogens is 424 g/mol. The van der Waals surface area contributed by atoms with Gasteiger partial charge in [-0.25, -0.2) is 0 Å². The van der Waals surface area contributed by atoms with Crippen molar-refractivity contribution in [3.8, 4) is 29.2 Å². The zero-order valence-electron chi connectivity index (χ0n) is 17.3. The van der Waals surface area contributed by atoms with Gasteiger partial charge in [-0.1, -0.05) is 60.7 Å². The zero-order chi connectivity index (χ0) is 22.3. The van der Waals surface area contributed by atoms with E-state index in [9.17, 15) is 0 Å². The number of aromatic nitrogens is 3. The van der Waals surface area contributed by atoms with E-state index >= 15 is 0 Å². The van der Waals surface area contributed by atoms with Gasteiger partial charge in [0.25, 0.3) is 0 Å². The number of ether oxygens (including phenoxy) is 2. The van der Waals surface area contributed by atoms with E-state index in [-0.39, 0.29) is 30.5 Å². The molecule has 3 aromatic carbocycles. The summed E-state index contributed by atoms with van der Waals surface area (Å²) in [7, 11) is 0. The van der Waals surface area contributed by atoms with Crippen molar-refractivity contribution in [3.63, 3.8) is 0 Å². The number of nitrogens with zero attached hydrogens (tertiary/aromatic N) is 4. The lowest BCUT2D eigenvalue weighted by Gasteiger charge is -2.12. The van der Waals surface area contributed by atoms with Gasteiger partial charge < -0.3 is 9.47 Å². The fraction of sp³-hybridized carbons (Fsp3) is 0.120. The fourth-order valence-corrected chi connectivity index (χ4v) is 3.38. The minimum atomic E-state index is -0.0227. The number of hydrogen-bond acceptors (Lipinski definition) is 6. The Kier molecular flexibility index (Phi) is 6.59. The maximum atomic E-state index is 9.02. The molecule has 1 heterocycles. The van der Waals surface area contributed by atoms with Crippen LogP contribution in [0.5, 0.6) is 12.0 Å². The van der Waals surface area contributed by atoms with E-state index in [1.165, 1.54) is 0 Å². The summed E-state index contributed by atoms with van der Waals surface area (Å²) in [6.45, 7) is 2.52. The Morgan fingerprint density at radius 1 is 0.844 bits per heavy atom. The molecule has 32 heavy (non-hydrogen) atoms. The zero-order valence-corrected chi connectivity index (χ0v) is 18.1. The average molecular weight is 443 g/mol. The summed E-state index contributed by atoms with van der Waals surface area (Å²) in [5.74, 6) is 0. The van der Waals surface area contributed by atoms with Crippen molar-refractivity contribution in [2.75, 3.05) is 0 Å². The molecule has 0 atom stereocenters. The number of halogens is 1. The first-order valence-electron chi connectivity index (χ1n) is 9.92. The van der Waals surface area contributed by atoms with Crippen molar-refractivity contribution in [3.05, 3.63) is 100 Å². The van der Waals surface area contributed by atoms with Gasteiger partial charge in [0, 0.05) is 0 Å². The van der Waals surface area contributed by atoms with Gasteiger partial charge in [-0.3, -0.25) is 0 Å². The Morgan fingerprint density at radius 3 is 2.31 bits per heavy atom. The van der Waals surface area contributed by atoms with E-state index in [1.54, 1.807) is 18.2 Å². The lowest BCUT2D eigenvalue weighted by Crippen LogP contribution is -2.06. The van der Waals surface area contributed by atoms with Gasteiger partial charge in [-0.05, 0) is 58.5 Å². The molecule has 0 unspecified atom stereocenters. The molecule has 1 aromatic heterocycles. The van der Waals surface area contributed by atoms with E-state index in [4.69, 9.17) is 26.3 Å². The first-order chi connectivity index (χ1) is 15.6. The monoisotopic (exact) mass is 442 g/mol. The highest BCUT2D eigenvalue weighted by Crippen LogP contribution is 2.26. The van der Waals surface area contributed by atoms with Crippen LogP contribution in [0.25, 0.3) is 11.1 Å². The summed E-state index contributed by atoms with van der Waals surface area (Å²) >= 11 is 6.03. The Bertz CT molecular complexity index is 1270. The van der Waals surface area contributed by atoms with Gasteiger partial charge in [0.2, 0.25) is 5.28 Å². The molecule has 0 bridgehead atoms. The summed E-state index contributed by atoms with van der Waals surface area (Å²) in [4.78, 5) is 12.2. The summed E-state index contributed by atoms with van der Waals surface area (Å²) < 4.78 is 11.4. The molecule has 0 amide bonds. The van der Waals surface area contributed by atoms with Crippen LogP contribution in [0.2, 0.25) is 5.28 Å². The van der Waals surface area contributed by atoms with Gasteiger partial charge in [0.05, 0.1) is 11.6 Å². The van der Waals surface area contributed by atoms with Crippen LogP contribution in [-0.2, 0) is 13.2 Å². The van der Waals surface area contributed by atoms with E-state index in [0.29, 0.717) is 5.56 Å². The van der Waals surface area contributed by atoms with Crippen molar-refractivity contribution < 1.29 is 9.47 Å². The van der Waals surface area contributed by atoms with Crippen LogP contribution in [0, 0.1) is 18.3 Å². The van der Waals surface area contributed by atoms with Crippen LogP contribution in [-0.4, -0.2) is 15.0 Å². The summed E-state index contributed by atoms with van der Waals surface area (Å²) in [5.41, 5.74) is 5.79. The molecular formula is C25H19ClN4O2. The Labute approximate surface area is 191 Å². The van der Waals surface area contributed by atoms with Crippen molar-refractivity contribution in [2.45, 2.75) is 20.1 Å². The quantitative estimate of drug-likeness (QED) is 0.374. The van der Waals surface area contributed by atoms with Crippen molar-refractivity contribution >= 4 is 11.6 Å². The van der Waals surface area contributed by atoms with Crippen LogP contribution in [0.15, 0.2) is 72.8 Å². The minimum Gasteiger partial charge on any atom is -0.458 e. The van der Waals surface area contributed by atoms with Crippen molar-refractivity contribution in [1.29, 1.82) is 5.26 Å². The molecule has 4 aromatic rings. The first kappa shape index (κ1) is 21.3. The molecule has 7 heteroatoms. The van der Waals surface area contributed by atoms with Crippen LogP contribution >= 0.6 is 11.6 Å². The highest BCUT2D eigenvalue weighted by Gasteiger charge is 2.11.